The molecule has 1 amide bonds. The Balaban J connectivity index is 1.90. The zero-order chi connectivity index (χ0) is 14.5. The normalized spacial score (nSPS) is 10.2. The first-order chi connectivity index (χ1) is 9.54. The molecule has 104 valence electrons. The minimum absolute atomic E-state index is 0.0990. The molecular formula is C14H11BrClIN2O. The predicted octanol–water partition coefficient (Wildman–Crippen LogP) is 4.76. The molecule has 0 atom stereocenters. The summed E-state index contributed by atoms with van der Waals surface area (Å²) in [5.74, 6) is -0.0990. The molecule has 0 radical (unpaired) electrons. The maximum absolute atomic E-state index is 11.8. The van der Waals surface area contributed by atoms with Crippen LogP contribution in [0.15, 0.2) is 46.9 Å². The molecule has 0 aliphatic heterocycles. The van der Waals surface area contributed by atoms with Gasteiger partial charge in [-0.05, 0) is 65.1 Å². The Morgan fingerprint density at radius 3 is 2.55 bits per heavy atom. The molecule has 20 heavy (non-hydrogen) atoms. The summed E-state index contributed by atoms with van der Waals surface area (Å²) in [6, 6.07) is 12.9. The van der Waals surface area contributed by atoms with E-state index in [0.29, 0.717) is 5.02 Å². The Bertz CT molecular complexity index is 619. The van der Waals surface area contributed by atoms with Gasteiger partial charge in [0, 0.05) is 24.4 Å². The fraction of sp³-hybridized carbons (Fsp3) is 0.0714. The molecule has 2 N–H and O–H groups in total. The van der Waals surface area contributed by atoms with E-state index in [1.807, 2.05) is 36.4 Å². The molecular weight excluding hydrogens is 454 g/mol. The minimum Gasteiger partial charge on any atom is -0.375 e. The van der Waals surface area contributed by atoms with Gasteiger partial charge < -0.3 is 10.6 Å². The molecule has 0 saturated heterocycles. The first kappa shape index (κ1) is 15.6. The Kier molecular flexibility index (Phi) is 5.68. The van der Waals surface area contributed by atoms with Crippen molar-refractivity contribution in [2.45, 2.75) is 0 Å². The number of amides is 1. The summed E-state index contributed by atoms with van der Waals surface area (Å²) < 4.78 is 1.95. The Morgan fingerprint density at radius 1 is 1.20 bits per heavy atom. The lowest BCUT2D eigenvalue weighted by Crippen LogP contribution is -2.22. The van der Waals surface area contributed by atoms with E-state index >= 15 is 0 Å². The van der Waals surface area contributed by atoms with E-state index in [2.05, 4.69) is 49.2 Å². The molecule has 0 fully saturated rings. The fourth-order valence-electron chi connectivity index (χ4n) is 1.55. The van der Waals surface area contributed by atoms with E-state index in [4.69, 9.17) is 11.6 Å². The number of benzene rings is 2. The van der Waals surface area contributed by atoms with Crippen LogP contribution in [0, 0.1) is 3.57 Å². The number of rotatable bonds is 4. The average Bonchev–Trinajstić information content (AvgIpc) is 2.40. The van der Waals surface area contributed by atoms with Gasteiger partial charge in [-0.15, -0.1) is 0 Å². The highest BCUT2D eigenvalue weighted by Gasteiger charge is 2.05. The minimum atomic E-state index is -0.0990. The molecule has 0 bridgehead atoms. The van der Waals surface area contributed by atoms with Gasteiger partial charge >= 0.3 is 0 Å². The van der Waals surface area contributed by atoms with Gasteiger partial charge in [-0.2, -0.15) is 0 Å². The summed E-state index contributed by atoms with van der Waals surface area (Å²) >= 11 is 11.4. The van der Waals surface area contributed by atoms with Gasteiger partial charge in [0.2, 0.25) is 5.91 Å². The SMILES string of the molecule is O=C(CNc1ccc(Cl)cc1I)Nc1ccc(Br)cc1. The van der Waals surface area contributed by atoms with Crippen molar-refractivity contribution in [1.82, 2.24) is 0 Å². The second-order valence-corrected chi connectivity index (χ2v) is 6.55. The third kappa shape index (κ3) is 4.64. The van der Waals surface area contributed by atoms with Crippen LogP contribution in [0.3, 0.4) is 0 Å². The van der Waals surface area contributed by atoms with Crippen LogP contribution in [0.25, 0.3) is 0 Å². The zero-order valence-corrected chi connectivity index (χ0v) is 14.8. The molecule has 0 aromatic heterocycles. The van der Waals surface area contributed by atoms with Crippen molar-refractivity contribution in [3.05, 3.63) is 55.5 Å². The van der Waals surface area contributed by atoms with Crippen molar-refractivity contribution in [2.75, 3.05) is 17.2 Å². The van der Waals surface area contributed by atoms with Gasteiger partial charge in [0.25, 0.3) is 0 Å². The second-order valence-electron chi connectivity index (χ2n) is 4.03. The molecule has 0 aliphatic carbocycles. The van der Waals surface area contributed by atoms with Crippen LogP contribution in [0.5, 0.6) is 0 Å². The number of carbonyl (C=O) groups is 1. The van der Waals surface area contributed by atoms with Crippen LogP contribution in [0.4, 0.5) is 11.4 Å². The molecule has 2 aromatic rings. The van der Waals surface area contributed by atoms with E-state index in [-0.39, 0.29) is 12.5 Å². The number of halogens is 3. The zero-order valence-electron chi connectivity index (χ0n) is 10.3. The van der Waals surface area contributed by atoms with E-state index in [1.165, 1.54) is 0 Å². The number of hydrogen-bond acceptors (Lipinski definition) is 2. The van der Waals surface area contributed by atoms with Gasteiger partial charge in [0.05, 0.1) is 6.54 Å². The van der Waals surface area contributed by atoms with Gasteiger partial charge in [-0.1, -0.05) is 27.5 Å². The quantitative estimate of drug-likeness (QED) is 0.640. The first-order valence-corrected chi connectivity index (χ1v) is 8.04. The van der Waals surface area contributed by atoms with Crippen LogP contribution in [-0.4, -0.2) is 12.5 Å². The standard InChI is InChI=1S/C14H11BrClIN2O/c15-9-1-4-11(5-2-9)19-14(20)8-18-13-6-3-10(16)7-12(13)17/h1-7,18H,8H2,(H,19,20). The summed E-state index contributed by atoms with van der Waals surface area (Å²) in [6.45, 7) is 0.202. The maximum atomic E-state index is 11.8. The van der Waals surface area contributed by atoms with Crippen molar-refractivity contribution < 1.29 is 4.79 Å². The Morgan fingerprint density at radius 2 is 1.90 bits per heavy atom. The highest BCUT2D eigenvalue weighted by Crippen LogP contribution is 2.22. The molecule has 3 nitrogen and oxygen atoms in total. The predicted molar refractivity (Wildman–Crippen MR) is 95.4 cm³/mol. The molecule has 6 heteroatoms. The fourth-order valence-corrected chi connectivity index (χ4v) is 2.87. The summed E-state index contributed by atoms with van der Waals surface area (Å²) in [4.78, 5) is 11.8. The van der Waals surface area contributed by atoms with Crippen LogP contribution in [-0.2, 0) is 4.79 Å². The van der Waals surface area contributed by atoms with E-state index in [1.54, 1.807) is 6.07 Å². The summed E-state index contributed by atoms with van der Waals surface area (Å²) in [6.07, 6.45) is 0. The molecule has 0 heterocycles. The van der Waals surface area contributed by atoms with Crippen molar-refractivity contribution in [2.24, 2.45) is 0 Å². The highest BCUT2D eigenvalue weighted by molar-refractivity contribution is 14.1. The van der Waals surface area contributed by atoms with Crippen LogP contribution in [0.2, 0.25) is 5.02 Å². The van der Waals surface area contributed by atoms with Crippen LogP contribution >= 0.6 is 50.1 Å². The highest BCUT2D eigenvalue weighted by atomic mass is 127. The third-order valence-corrected chi connectivity index (χ3v) is 4.15. The third-order valence-electron chi connectivity index (χ3n) is 2.50. The lowest BCUT2D eigenvalue weighted by Gasteiger charge is -2.09. The van der Waals surface area contributed by atoms with E-state index < -0.39 is 0 Å². The molecule has 0 spiro atoms. The van der Waals surface area contributed by atoms with Crippen molar-refractivity contribution in [3.8, 4) is 0 Å². The lowest BCUT2D eigenvalue weighted by atomic mass is 10.3. The average molecular weight is 466 g/mol. The van der Waals surface area contributed by atoms with Gasteiger partial charge in [0.1, 0.15) is 0 Å². The number of hydrogen-bond donors (Lipinski definition) is 2. The van der Waals surface area contributed by atoms with Crippen LogP contribution < -0.4 is 10.6 Å². The smallest absolute Gasteiger partial charge is 0.243 e. The van der Waals surface area contributed by atoms with E-state index in [0.717, 1.165) is 19.4 Å². The van der Waals surface area contributed by atoms with E-state index in [9.17, 15) is 4.79 Å². The number of anilines is 2. The maximum Gasteiger partial charge on any atom is 0.243 e. The lowest BCUT2D eigenvalue weighted by molar-refractivity contribution is -0.114. The van der Waals surface area contributed by atoms with Gasteiger partial charge in [0.15, 0.2) is 0 Å². The molecule has 2 aromatic carbocycles. The molecule has 2 rings (SSSR count). The Hall–Kier alpha value is -0.790. The first-order valence-electron chi connectivity index (χ1n) is 5.79. The van der Waals surface area contributed by atoms with Gasteiger partial charge in [-0.3, -0.25) is 4.79 Å². The summed E-state index contributed by atoms with van der Waals surface area (Å²) in [5, 5.41) is 6.58. The Labute approximate surface area is 144 Å². The topological polar surface area (TPSA) is 41.1 Å². The van der Waals surface area contributed by atoms with Crippen molar-refractivity contribution in [3.63, 3.8) is 0 Å². The molecule has 0 aliphatic rings. The number of carbonyl (C=O) groups excluding carboxylic acids is 1. The largest absolute Gasteiger partial charge is 0.375 e. The molecule has 0 saturated carbocycles. The second kappa shape index (κ2) is 7.28. The van der Waals surface area contributed by atoms with Crippen molar-refractivity contribution in [1.29, 1.82) is 0 Å². The van der Waals surface area contributed by atoms with Gasteiger partial charge in [-0.25, -0.2) is 0 Å². The summed E-state index contributed by atoms with van der Waals surface area (Å²) in [5.41, 5.74) is 1.66. The van der Waals surface area contributed by atoms with Crippen molar-refractivity contribution >= 4 is 67.4 Å². The van der Waals surface area contributed by atoms with Crippen LogP contribution in [0.1, 0.15) is 0 Å². The number of nitrogens with one attached hydrogen (secondary N) is 2. The summed E-state index contributed by atoms with van der Waals surface area (Å²) in [7, 11) is 0. The monoisotopic (exact) mass is 464 g/mol. The molecule has 0 unspecified atom stereocenters.